The van der Waals surface area contributed by atoms with Gasteiger partial charge in [0.05, 0.1) is 27.3 Å². The number of fused-ring (bicyclic) bond motifs is 2. The van der Waals surface area contributed by atoms with Gasteiger partial charge in [-0.2, -0.15) is 0 Å². The molecule has 29 heavy (non-hydrogen) atoms. The number of hydrogen-bond acceptors (Lipinski definition) is 4. The Morgan fingerprint density at radius 2 is 1.97 bits per heavy atom. The molecule has 0 bridgehead atoms. The van der Waals surface area contributed by atoms with Gasteiger partial charge in [0.15, 0.2) is 0 Å². The number of nitrogens with one attached hydrogen (secondary N) is 3. The van der Waals surface area contributed by atoms with Crippen molar-refractivity contribution in [2.75, 3.05) is 0 Å². The maximum atomic E-state index is 12.8. The molecule has 1 aliphatic carbocycles. The summed E-state index contributed by atoms with van der Waals surface area (Å²) < 4.78 is 1.24. The molecule has 3 amide bonds. The fourth-order valence-electron chi connectivity index (χ4n) is 3.58. The van der Waals surface area contributed by atoms with Crippen molar-refractivity contribution < 1.29 is 14.4 Å². The highest BCUT2D eigenvalue weighted by atomic mass is 35.5. The minimum Gasteiger partial charge on any atom is -0.369 e. The van der Waals surface area contributed by atoms with Crippen LogP contribution >= 0.6 is 34.5 Å². The van der Waals surface area contributed by atoms with Crippen LogP contribution in [0.15, 0.2) is 30.3 Å². The lowest BCUT2D eigenvalue weighted by atomic mass is 10.1. The summed E-state index contributed by atoms with van der Waals surface area (Å²) in [5.74, 6) is -1.52. The van der Waals surface area contributed by atoms with Crippen LogP contribution in [-0.2, 0) is 16.0 Å². The molecule has 0 saturated carbocycles. The lowest BCUT2D eigenvalue weighted by molar-refractivity contribution is -0.128. The first kappa shape index (κ1) is 19.8. The van der Waals surface area contributed by atoms with E-state index in [4.69, 9.17) is 28.9 Å². The molecule has 2 atom stereocenters. The van der Waals surface area contributed by atoms with Gasteiger partial charge in [-0.25, -0.2) is 0 Å². The topological polar surface area (TPSA) is 117 Å². The smallest absolute Gasteiger partial charge is 0.268 e. The van der Waals surface area contributed by atoms with Crippen molar-refractivity contribution in [2.45, 2.75) is 24.9 Å². The van der Waals surface area contributed by atoms with Gasteiger partial charge in [0.25, 0.3) is 5.91 Å². The summed E-state index contributed by atoms with van der Waals surface area (Å²) in [6.45, 7) is 0. The zero-order chi connectivity index (χ0) is 20.7. The predicted octanol–water partition coefficient (Wildman–Crippen LogP) is 2.92. The first-order valence-electron chi connectivity index (χ1n) is 8.76. The van der Waals surface area contributed by atoms with Gasteiger partial charge in [0.2, 0.25) is 11.8 Å². The quantitative estimate of drug-likeness (QED) is 0.447. The fourth-order valence-corrected chi connectivity index (χ4v) is 5.06. The van der Waals surface area contributed by atoms with Gasteiger partial charge in [-0.15, -0.1) is 11.3 Å². The number of amides is 3. The molecule has 2 heterocycles. The molecule has 5 N–H and O–H groups in total. The summed E-state index contributed by atoms with van der Waals surface area (Å²) in [5, 5.41) is 6.16. The third-order valence-electron chi connectivity index (χ3n) is 4.82. The van der Waals surface area contributed by atoms with Gasteiger partial charge in [0, 0.05) is 0 Å². The summed E-state index contributed by atoms with van der Waals surface area (Å²) in [7, 11) is 0. The highest BCUT2D eigenvalue weighted by Gasteiger charge is 2.35. The number of carbonyl (C=O) groups is 3. The summed E-state index contributed by atoms with van der Waals surface area (Å²) in [5.41, 5.74) is 8.00. The molecule has 2 aromatic heterocycles. The number of H-pyrrole nitrogens is 1. The molecule has 7 nitrogen and oxygen atoms in total. The van der Waals surface area contributed by atoms with Gasteiger partial charge in [-0.1, -0.05) is 47.5 Å². The lowest BCUT2D eigenvalue weighted by Gasteiger charge is -2.22. The number of primary amides is 1. The van der Waals surface area contributed by atoms with Crippen LogP contribution < -0.4 is 16.4 Å². The molecular formula is C19H16Cl2N4O3S. The van der Waals surface area contributed by atoms with Gasteiger partial charge in [0.1, 0.15) is 16.5 Å². The third-order valence-corrected chi connectivity index (χ3v) is 6.75. The second-order valence-corrected chi connectivity index (χ2v) is 8.82. The first-order valence-corrected chi connectivity index (χ1v) is 10.3. The number of carbonyl (C=O) groups excluding carboxylic acids is 3. The Kier molecular flexibility index (Phi) is 5.24. The molecule has 0 unspecified atom stereocenters. The predicted molar refractivity (Wildman–Crippen MR) is 112 cm³/mol. The van der Waals surface area contributed by atoms with Crippen molar-refractivity contribution in [3.8, 4) is 0 Å². The zero-order valence-corrected chi connectivity index (χ0v) is 17.3. The number of benzene rings is 1. The molecule has 0 saturated heterocycles. The van der Waals surface area contributed by atoms with Crippen LogP contribution in [0.3, 0.4) is 0 Å². The number of hydrogen-bond donors (Lipinski definition) is 4. The van der Waals surface area contributed by atoms with E-state index < -0.39 is 24.3 Å². The highest BCUT2D eigenvalue weighted by molar-refractivity contribution is 7.23. The van der Waals surface area contributed by atoms with Crippen LogP contribution in [0.4, 0.5) is 0 Å². The Balaban J connectivity index is 1.56. The molecule has 0 fully saturated rings. The Morgan fingerprint density at radius 3 is 2.69 bits per heavy atom. The Bertz CT molecular complexity index is 1140. The normalized spacial score (nSPS) is 17.9. The molecule has 1 aromatic carbocycles. The van der Waals surface area contributed by atoms with Crippen molar-refractivity contribution in [3.05, 3.63) is 56.5 Å². The molecule has 0 spiro atoms. The second-order valence-electron chi connectivity index (χ2n) is 6.78. The van der Waals surface area contributed by atoms with Crippen LogP contribution in [0, 0.1) is 0 Å². The largest absolute Gasteiger partial charge is 0.369 e. The van der Waals surface area contributed by atoms with Crippen molar-refractivity contribution in [1.29, 1.82) is 0 Å². The molecule has 3 aromatic rings. The van der Waals surface area contributed by atoms with Crippen molar-refractivity contribution in [1.82, 2.24) is 15.6 Å². The van der Waals surface area contributed by atoms with Crippen LogP contribution in [0.2, 0.25) is 9.36 Å². The average Bonchev–Trinajstić information content (AvgIpc) is 3.29. The SMILES string of the molecule is NC(=O)CC(=O)N[C@@H]1c2ccccc2C[C@H]1NC(=O)c1cc2sc(Cl)c(Cl)c2[nH]1. The van der Waals surface area contributed by atoms with E-state index in [1.165, 1.54) is 11.3 Å². The first-order chi connectivity index (χ1) is 13.8. The minimum atomic E-state index is -0.712. The number of halogens is 2. The zero-order valence-electron chi connectivity index (χ0n) is 14.9. The number of aromatic nitrogens is 1. The third kappa shape index (κ3) is 3.83. The van der Waals surface area contributed by atoms with Crippen molar-refractivity contribution in [3.63, 3.8) is 0 Å². The van der Waals surface area contributed by atoms with E-state index in [-0.39, 0.29) is 11.9 Å². The molecule has 10 heteroatoms. The van der Waals surface area contributed by atoms with E-state index in [2.05, 4.69) is 15.6 Å². The van der Waals surface area contributed by atoms with Crippen molar-refractivity contribution in [2.24, 2.45) is 5.73 Å². The summed E-state index contributed by atoms with van der Waals surface area (Å²) in [6.07, 6.45) is 0.136. The standard InChI is InChI=1S/C19H16Cl2N4O3S/c20-15-17-12(29-18(15)21)6-11(23-17)19(28)24-10-5-8-3-1-2-4-9(8)16(10)25-14(27)7-13(22)26/h1-4,6,10,16,23H,5,7H2,(H2,22,26)(H,24,28)(H,25,27)/t10-,16-/m1/s1. The van der Waals surface area contributed by atoms with Gasteiger partial charge >= 0.3 is 0 Å². The van der Waals surface area contributed by atoms with E-state index in [9.17, 15) is 14.4 Å². The molecule has 150 valence electrons. The van der Waals surface area contributed by atoms with E-state index in [1.807, 2.05) is 24.3 Å². The van der Waals surface area contributed by atoms with E-state index in [0.29, 0.717) is 27.0 Å². The van der Waals surface area contributed by atoms with Crippen LogP contribution in [0.1, 0.15) is 34.1 Å². The molecular weight excluding hydrogens is 435 g/mol. The highest BCUT2D eigenvalue weighted by Crippen LogP contribution is 2.39. The summed E-state index contributed by atoms with van der Waals surface area (Å²) in [6, 6.07) is 8.45. The monoisotopic (exact) mass is 450 g/mol. The van der Waals surface area contributed by atoms with Crippen LogP contribution in [0.5, 0.6) is 0 Å². The molecule has 0 aliphatic heterocycles. The summed E-state index contributed by atoms with van der Waals surface area (Å²) >= 11 is 13.4. The maximum absolute atomic E-state index is 12.8. The molecule has 1 aliphatic rings. The van der Waals surface area contributed by atoms with Gasteiger partial charge < -0.3 is 21.4 Å². The van der Waals surface area contributed by atoms with E-state index in [1.54, 1.807) is 6.07 Å². The van der Waals surface area contributed by atoms with Gasteiger partial charge in [-0.05, 0) is 23.6 Å². The van der Waals surface area contributed by atoms with Crippen molar-refractivity contribution >= 4 is 62.5 Å². The molecule has 0 radical (unpaired) electrons. The van der Waals surface area contributed by atoms with Gasteiger partial charge in [-0.3, -0.25) is 14.4 Å². The second kappa shape index (κ2) is 7.70. The Labute approximate surface area is 179 Å². The number of nitrogens with two attached hydrogens (primary N) is 1. The average molecular weight is 451 g/mol. The lowest BCUT2D eigenvalue weighted by Crippen LogP contribution is -2.45. The Hall–Kier alpha value is -2.55. The van der Waals surface area contributed by atoms with Crippen LogP contribution in [0.25, 0.3) is 10.2 Å². The van der Waals surface area contributed by atoms with Crippen LogP contribution in [-0.4, -0.2) is 28.7 Å². The van der Waals surface area contributed by atoms with E-state index in [0.717, 1.165) is 15.8 Å². The Morgan fingerprint density at radius 1 is 1.21 bits per heavy atom. The van der Waals surface area contributed by atoms with E-state index >= 15 is 0 Å². The number of aromatic amines is 1. The molecule has 4 rings (SSSR count). The maximum Gasteiger partial charge on any atom is 0.268 e. The number of thiophene rings is 1. The summed E-state index contributed by atoms with van der Waals surface area (Å²) in [4.78, 5) is 39.0. The number of rotatable bonds is 5. The fraction of sp³-hybridized carbons (Fsp3) is 0.211. The minimum absolute atomic E-state index is 0.326.